The second-order valence-corrected chi connectivity index (χ2v) is 3.64. The third-order valence-corrected chi connectivity index (χ3v) is 2.95. The highest BCUT2D eigenvalue weighted by atomic mass is 16.6. The lowest BCUT2D eigenvalue weighted by Gasteiger charge is -2.21. The minimum Gasteiger partial charge on any atom is -0.371 e. The van der Waals surface area contributed by atoms with E-state index < -0.39 is 6.04 Å². The van der Waals surface area contributed by atoms with E-state index in [4.69, 9.17) is 4.74 Å². The Morgan fingerprint density at radius 2 is 2.23 bits per heavy atom. The number of ether oxygens (including phenoxy) is 1. The van der Waals surface area contributed by atoms with E-state index in [2.05, 4.69) is 6.08 Å². The molecule has 13 heavy (non-hydrogen) atoms. The lowest BCUT2D eigenvalue weighted by molar-refractivity contribution is -0.538. The lowest BCUT2D eigenvalue weighted by Crippen LogP contribution is -2.38. The Morgan fingerprint density at radius 3 is 2.85 bits per heavy atom. The number of fused-ring (bicyclic) bond motifs is 2. The van der Waals surface area contributed by atoms with Crippen molar-refractivity contribution < 1.29 is 9.66 Å². The van der Waals surface area contributed by atoms with Gasteiger partial charge in [-0.3, -0.25) is 10.1 Å². The second-order valence-electron chi connectivity index (χ2n) is 3.64. The molecule has 0 saturated heterocycles. The molecule has 4 atom stereocenters. The van der Waals surface area contributed by atoms with E-state index in [1.807, 2.05) is 13.0 Å². The Balaban J connectivity index is 2.15. The number of hydrogen-bond donors (Lipinski definition) is 0. The van der Waals surface area contributed by atoms with Crippen molar-refractivity contribution in [3.05, 3.63) is 22.3 Å². The normalized spacial score (nSPS) is 41.3. The number of rotatable bonds is 3. The average Bonchev–Trinajstić information content (AvgIpc) is 2.63. The zero-order chi connectivity index (χ0) is 9.42. The summed E-state index contributed by atoms with van der Waals surface area (Å²) in [6.45, 7) is 2.44. The monoisotopic (exact) mass is 183 g/mol. The van der Waals surface area contributed by atoms with Crippen molar-refractivity contribution in [1.29, 1.82) is 0 Å². The molecule has 0 N–H and O–H groups in total. The predicted octanol–water partition coefficient (Wildman–Crippen LogP) is 1.24. The minimum atomic E-state index is -0.505. The van der Waals surface area contributed by atoms with Gasteiger partial charge in [0.05, 0.1) is 0 Å². The van der Waals surface area contributed by atoms with E-state index in [9.17, 15) is 10.1 Å². The average molecular weight is 183 g/mol. The first-order chi connectivity index (χ1) is 6.24. The van der Waals surface area contributed by atoms with Crippen molar-refractivity contribution in [3.8, 4) is 0 Å². The van der Waals surface area contributed by atoms with Crippen LogP contribution < -0.4 is 0 Å². The summed E-state index contributed by atoms with van der Waals surface area (Å²) in [6.07, 6.45) is 4.74. The van der Waals surface area contributed by atoms with Gasteiger partial charge >= 0.3 is 0 Å². The Bertz CT molecular complexity index is 251. The Hall–Kier alpha value is -0.900. The molecule has 0 heterocycles. The zero-order valence-corrected chi connectivity index (χ0v) is 7.55. The molecule has 0 amide bonds. The molecule has 2 bridgehead atoms. The van der Waals surface area contributed by atoms with Crippen LogP contribution in [-0.2, 0) is 4.74 Å². The van der Waals surface area contributed by atoms with Crippen LogP contribution in [0.5, 0.6) is 0 Å². The second kappa shape index (κ2) is 3.10. The van der Waals surface area contributed by atoms with Crippen molar-refractivity contribution in [3.63, 3.8) is 0 Å². The van der Waals surface area contributed by atoms with Crippen molar-refractivity contribution in [2.45, 2.75) is 25.5 Å². The molecule has 4 heteroatoms. The molecule has 2 aliphatic rings. The van der Waals surface area contributed by atoms with Gasteiger partial charge in [-0.25, -0.2) is 0 Å². The summed E-state index contributed by atoms with van der Waals surface area (Å²) in [5.41, 5.74) is 0. The summed E-state index contributed by atoms with van der Waals surface area (Å²) in [5, 5.41) is 10.8. The molecule has 0 aromatic heterocycles. The van der Waals surface area contributed by atoms with E-state index in [0.29, 0.717) is 6.61 Å². The molecule has 0 aromatic rings. The van der Waals surface area contributed by atoms with Gasteiger partial charge in [0.15, 0.2) is 0 Å². The lowest BCUT2D eigenvalue weighted by atomic mass is 9.99. The van der Waals surface area contributed by atoms with Crippen LogP contribution >= 0.6 is 0 Å². The molecular formula is C9H13NO3. The molecule has 2 rings (SSSR count). The van der Waals surface area contributed by atoms with Gasteiger partial charge < -0.3 is 4.74 Å². The van der Waals surface area contributed by atoms with Crippen molar-refractivity contribution in [2.24, 2.45) is 11.8 Å². The van der Waals surface area contributed by atoms with Crippen molar-refractivity contribution in [2.75, 3.05) is 6.61 Å². The summed E-state index contributed by atoms with van der Waals surface area (Å²) in [4.78, 5) is 10.6. The molecule has 0 radical (unpaired) electrons. The molecule has 1 saturated carbocycles. The largest absolute Gasteiger partial charge is 0.371 e. The number of nitrogens with zero attached hydrogens (tertiary/aromatic N) is 1. The first-order valence-corrected chi connectivity index (χ1v) is 4.67. The fourth-order valence-corrected chi connectivity index (χ4v) is 2.44. The van der Waals surface area contributed by atoms with Gasteiger partial charge in [0, 0.05) is 23.4 Å². The third-order valence-electron chi connectivity index (χ3n) is 2.95. The van der Waals surface area contributed by atoms with Gasteiger partial charge in [0.25, 0.3) is 0 Å². The molecule has 1 fully saturated rings. The molecule has 0 aliphatic heterocycles. The number of hydrogen-bond acceptors (Lipinski definition) is 3. The summed E-state index contributed by atoms with van der Waals surface area (Å²) < 4.78 is 5.42. The fraction of sp³-hybridized carbons (Fsp3) is 0.778. The number of nitro groups is 1. The van der Waals surface area contributed by atoms with Crippen LogP contribution in [0.1, 0.15) is 13.3 Å². The van der Waals surface area contributed by atoms with Crippen LogP contribution in [0.2, 0.25) is 0 Å². The van der Waals surface area contributed by atoms with Crippen LogP contribution in [0.4, 0.5) is 0 Å². The maximum absolute atomic E-state index is 10.8. The molecule has 2 aliphatic carbocycles. The first-order valence-electron chi connectivity index (χ1n) is 4.67. The van der Waals surface area contributed by atoms with Crippen LogP contribution in [0.15, 0.2) is 12.2 Å². The van der Waals surface area contributed by atoms with Gasteiger partial charge in [-0.15, -0.1) is 0 Å². The Kier molecular flexibility index (Phi) is 2.07. The molecule has 0 aromatic carbocycles. The summed E-state index contributed by atoms with van der Waals surface area (Å²) in [7, 11) is 0. The third kappa shape index (κ3) is 1.25. The van der Waals surface area contributed by atoms with Crippen molar-refractivity contribution in [1.82, 2.24) is 0 Å². The van der Waals surface area contributed by atoms with E-state index in [1.54, 1.807) is 0 Å². The molecule has 2 unspecified atom stereocenters. The summed E-state index contributed by atoms with van der Waals surface area (Å²) in [6, 6.07) is -0.505. The van der Waals surface area contributed by atoms with E-state index in [0.717, 1.165) is 6.42 Å². The highest BCUT2D eigenvalue weighted by Gasteiger charge is 2.52. The van der Waals surface area contributed by atoms with Crippen LogP contribution in [-0.4, -0.2) is 23.7 Å². The maximum atomic E-state index is 10.8. The zero-order valence-electron chi connectivity index (χ0n) is 7.55. The predicted molar refractivity (Wildman–Crippen MR) is 46.9 cm³/mol. The summed E-state index contributed by atoms with van der Waals surface area (Å²) in [5.74, 6) is 0.386. The van der Waals surface area contributed by atoms with E-state index in [-0.39, 0.29) is 22.9 Å². The SMILES string of the molecule is CCO[C@@H]1C2C=CC(C2)[C@H]1[N+](=O)[O-]. The van der Waals surface area contributed by atoms with Gasteiger partial charge in [0.1, 0.15) is 6.10 Å². The van der Waals surface area contributed by atoms with Crippen LogP contribution in [0.3, 0.4) is 0 Å². The van der Waals surface area contributed by atoms with Gasteiger partial charge in [-0.05, 0) is 13.3 Å². The van der Waals surface area contributed by atoms with Crippen molar-refractivity contribution >= 4 is 0 Å². The highest BCUT2D eigenvalue weighted by Crippen LogP contribution is 2.42. The quantitative estimate of drug-likeness (QED) is 0.376. The highest BCUT2D eigenvalue weighted by molar-refractivity contribution is 5.15. The van der Waals surface area contributed by atoms with E-state index >= 15 is 0 Å². The Morgan fingerprint density at radius 1 is 1.54 bits per heavy atom. The van der Waals surface area contributed by atoms with Crippen LogP contribution in [0, 0.1) is 22.0 Å². The standard InChI is InChI=1S/C9H13NO3/c1-2-13-9-7-4-3-6(5-7)8(9)10(11)12/h3-4,6-9H,2,5H2,1H3/t6?,7?,8-,9-/m1/s1. The van der Waals surface area contributed by atoms with Crippen LogP contribution in [0.25, 0.3) is 0 Å². The molecule has 4 nitrogen and oxygen atoms in total. The maximum Gasteiger partial charge on any atom is 0.245 e. The molecular weight excluding hydrogens is 170 g/mol. The Labute approximate surface area is 76.7 Å². The van der Waals surface area contributed by atoms with E-state index in [1.165, 1.54) is 0 Å². The van der Waals surface area contributed by atoms with Gasteiger partial charge in [-0.2, -0.15) is 0 Å². The summed E-state index contributed by atoms with van der Waals surface area (Å²) >= 11 is 0. The minimum absolute atomic E-state index is 0.108. The van der Waals surface area contributed by atoms with Gasteiger partial charge in [-0.1, -0.05) is 12.2 Å². The fourth-order valence-electron chi connectivity index (χ4n) is 2.44. The first kappa shape index (κ1) is 8.69. The molecule has 72 valence electrons. The molecule has 0 spiro atoms. The smallest absolute Gasteiger partial charge is 0.245 e. The topological polar surface area (TPSA) is 52.4 Å². The van der Waals surface area contributed by atoms with Gasteiger partial charge in [0.2, 0.25) is 6.04 Å².